The summed E-state index contributed by atoms with van der Waals surface area (Å²) in [6.07, 6.45) is 0. The molecule has 0 saturated carbocycles. The normalized spacial score (nSPS) is 10.0. The van der Waals surface area contributed by atoms with Gasteiger partial charge in [0.1, 0.15) is 0 Å². The predicted molar refractivity (Wildman–Crippen MR) is 85.6 cm³/mol. The van der Waals surface area contributed by atoms with Gasteiger partial charge in [-0.3, -0.25) is 19.7 Å². The number of hydrogen-bond acceptors (Lipinski definition) is 4. The molecule has 2 amide bonds. The smallest absolute Gasteiger partial charge is 0.269 e. The van der Waals surface area contributed by atoms with Gasteiger partial charge in [-0.15, -0.1) is 0 Å². The van der Waals surface area contributed by atoms with E-state index >= 15 is 0 Å². The van der Waals surface area contributed by atoms with E-state index in [-0.39, 0.29) is 11.6 Å². The van der Waals surface area contributed by atoms with Crippen LogP contribution in [0, 0.1) is 17.0 Å². The van der Waals surface area contributed by atoms with Gasteiger partial charge in [-0.2, -0.15) is 0 Å². The SMILES string of the molecule is CNC(=O)c1ccc(C)c(NC(=O)c2ccc([N+](=O)[O-])cc2)c1. The van der Waals surface area contributed by atoms with E-state index in [0.29, 0.717) is 16.8 Å². The standard InChI is InChI=1S/C16H15N3O4/c1-10-3-4-12(15(20)17-2)9-14(10)18-16(21)11-5-7-13(8-6-11)19(22)23/h3-9H,1-2H3,(H,17,20)(H,18,21). The lowest BCUT2D eigenvalue weighted by Crippen LogP contribution is -2.19. The molecule has 0 unspecified atom stereocenters. The third-order valence-corrected chi connectivity index (χ3v) is 3.32. The fourth-order valence-electron chi connectivity index (χ4n) is 1.97. The van der Waals surface area contributed by atoms with Crippen molar-refractivity contribution in [2.24, 2.45) is 0 Å². The number of nitro benzene ring substituents is 1. The highest BCUT2D eigenvalue weighted by molar-refractivity contribution is 6.05. The third-order valence-electron chi connectivity index (χ3n) is 3.32. The van der Waals surface area contributed by atoms with E-state index in [0.717, 1.165) is 5.56 Å². The van der Waals surface area contributed by atoms with Crippen molar-refractivity contribution >= 4 is 23.2 Å². The van der Waals surface area contributed by atoms with E-state index in [1.54, 1.807) is 25.1 Å². The molecule has 0 fully saturated rings. The Kier molecular flexibility index (Phi) is 4.70. The van der Waals surface area contributed by atoms with Crippen molar-refractivity contribution in [3.8, 4) is 0 Å². The van der Waals surface area contributed by atoms with Gasteiger partial charge in [0.15, 0.2) is 0 Å². The average Bonchev–Trinajstić information content (AvgIpc) is 2.56. The average molecular weight is 313 g/mol. The zero-order valence-corrected chi connectivity index (χ0v) is 12.6. The zero-order valence-electron chi connectivity index (χ0n) is 12.6. The first-order valence-corrected chi connectivity index (χ1v) is 6.81. The number of nitrogens with one attached hydrogen (secondary N) is 2. The van der Waals surface area contributed by atoms with E-state index < -0.39 is 10.8 Å². The van der Waals surface area contributed by atoms with Crippen molar-refractivity contribution in [2.45, 2.75) is 6.92 Å². The van der Waals surface area contributed by atoms with Crippen molar-refractivity contribution in [3.63, 3.8) is 0 Å². The number of hydrogen-bond donors (Lipinski definition) is 2. The van der Waals surface area contributed by atoms with Crippen LogP contribution in [0.25, 0.3) is 0 Å². The Balaban J connectivity index is 2.22. The van der Waals surface area contributed by atoms with Gasteiger partial charge < -0.3 is 10.6 Å². The molecule has 2 N–H and O–H groups in total. The number of carbonyl (C=O) groups is 2. The van der Waals surface area contributed by atoms with Gasteiger partial charge in [0.05, 0.1) is 4.92 Å². The quantitative estimate of drug-likeness (QED) is 0.669. The Morgan fingerprint density at radius 2 is 1.61 bits per heavy atom. The molecule has 0 radical (unpaired) electrons. The van der Waals surface area contributed by atoms with Crippen LogP contribution >= 0.6 is 0 Å². The minimum atomic E-state index is -0.529. The third kappa shape index (κ3) is 3.70. The Labute approximate surface area is 132 Å². The monoisotopic (exact) mass is 313 g/mol. The Hall–Kier alpha value is -3.22. The molecule has 7 nitrogen and oxygen atoms in total. The van der Waals surface area contributed by atoms with Crippen LogP contribution in [0.1, 0.15) is 26.3 Å². The molecule has 2 aromatic rings. The van der Waals surface area contributed by atoms with Crippen molar-refractivity contribution in [1.29, 1.82) is 0 Å². The van der Waals surface area contributed by atoms with Crippen molar-refractivity contribution < 1.29 is 14.5 Å². The fraction of sp³-hybridized carbons (Fsp3) is 0.125. The molecule has 0 aliphatic carbocycles. The molecule has 0 heterocycles. The first-order chi connectivity index (χ1) is 10.9. The highest BCUT2D eigenvalue weighted by atomic mass is 16.6. The maximum atomic E-state index is 12.2. The number of aryl methyl sites for hydroxylation is 1. The topological polar surface area (TPSA) is 101 Å². The number of nitrogens with zero attached hydrogens (tertiary/aromatic N) is 1. The first kappa shape index (κ1) is 16.2. The summed E-state index contributed by atoms with van der Waals surface area (Å²) in [4.78, 5) is 33.9. The molecule has 0 aliphatic heterocycles. The molecule has 0 aromatic heterocycles. The lowest BCUT2D eigenvalue weighted by Gasteiger charge is -2.10. The molecule has 7 heteroatoms. The van der Waals surface area contributed by atoms with Gasteiger partial charge in [-0.1, -0.05) is 6.07 Å². The summed E-state index contributed by atoms with van der Waals surface area (Å²) in [5.74, 6) is -0.659. The van der Waals surface area contributed by atoms with Gasteiger partial charge in [0.2, 0.25) is 0 Å². The minimum Gasteiger partial charge on any atom is -0.355 e. The summed E-state index contributed by atoms with van der Waals surface area (Å²) in [5.41, 5.74) is 1.94. The number of amides is 2. The number of anilines is 1. The van der Waals surface area contributed by atoms with Crippen LogP contribution in [0.3, 0.4) is 0 Å². The van der Waals surface area contributed by atoms with Crippen LogP contribution in [-0.2, 0) is 0 Å². The van der Waals surface area contributed by atoms with Crippen molar-refractivity contribution in [3.05, 3.63) is 69.3 Å². The molecule has 0 spiro atoms. The molecule has 0 saturated heterocycles. The van der Waals surface area contributed by atoms with Crippen LogP contribution in [0.4, 0.5) is 11.4 Å². The molecular weight excluding hydrogens is 298 g/mol. The van der Waals surface area contributed by atoms with Gasteiger partial charge in [-0.05, 0) is 36.8 Å². The number of carbonyl (C=O) groups excluding carboxylic acids is 2. The van der Waals surface area contributed by atoms with Gasteiger partial charge in [-0.25, -0.2) is 0 Å². The van der Waals surface area contributed by atoms with Crippen molar-refractivity contribution in [1.82, 2.24) is 5.32 Å². The van der Waals surface area contributed by atoms with E-state index in [1.165, 1.54) is 31.3 Å². The molecule has 2 rings (SSSR count). The second-order valence-corrected chi connectivity index (χ2v) is 4.87. The van der Waals surface area contributed by atoms with Crippen LogP contribution in [-0.4, -0.2) is 23.8 Å². The van der Waals surface area contributed by atoms with Crippen LogP contribution in [0.2, 0.25) is 0 Å². The minimum absolute atomic E-state index is 0.0839. The van der Waals surface area contributed by atoms with Crippen LogP contribution < -0.4 is 10.6 Å². The molecule has 118 valence electrons. The second-order valence-electron chi connectivity index (χ2n) is 4.87. The Morgan fingerprint density at radius 1 is 1.00 bits per heavy atom. The molecule has 23 heavy (non-hydrogen) atoms. The van der Waals surface area contributed by atoms with Gasteiger partial charge >= 0.3 is 0 Å². The number of non-ortho nitro benzene ring substituents is 1. The highest BCUT2D eigenvalue weighted by Gasteiger charge is 2.12. The maximum Gasteiger partial charge on any atom is 0.269 e. The van der Waals surface area contributed by atoms with Crippen LogP contribution in [0.5, 0.6) is 0 Å². The van der Waals surface area contributed by atoms with E-state index in [2.05, 4.69) is 10.6 Å². The van der Waals surface area contributed by atoms with Gasteiger partial charge in [0.25, 0.3) is 17.5 Å². The summed E-state index contributed by atoms with van der Waals surface area (Å²) < 4.78 is 0. The number of rotatable bonds is 4. The van der Waals surface area contributed by atoms with E-state index in [4.69, 9.17) is 0 Å². The highest BCUT2D eigenvalue weighted by Crippen LogP contribution is 2.19. The Bertz CT molecular complexity index is 769. The Morgan fingerprint density at radius 3 is 2.17 bits per heavy atom. The molecule has 0 aliphatic rings. The fourth-order valence-corrected chi connectivity index (χ4v) is 1.97. The summed E-state index contributed by atoms with van der Waals surface area (Å²) in [5, 5.41) is 15.8. The second kappa shape index (κ2) is 6.69. The molecule has 0 atom stereocenters. The predicted octanol–water partition coefficient (Wildman–Crippen LogP) is 2.52. The largest absolute Gasteiger partial charge is 0.355 e. The summed E-state index contributed by atoms with van der Waals surface area (Å²) in [6.45, 7) is 1.80. The van der Waals surface area contributed by atoms with Crippen LogP contribution in [0.15, 0.2) is 42.5 Å². The lowest BCUT2D eigenvalue weighted by molar-refractivity contribution is -0.384. The maximum absolute atomic E-state index is 12.2. The number of nitro groups is 1. The lowest BCUT2D eigenvalue weighted by atomic mass is 10.1. The number of benzene rings is 2. The first-order valence-electron chi connectivity index (χ1n) is 6.81. The summed E-state index contributed by atoms with van der Waals surface area (Å²) >= 11 is 0. The molecular formula is C16H15N3O4. The molecule has 0 bridgehead atoms. The van der Waals surface area contributed by atoms with E-state index in [9.17, 15) is 19.7 Å². The molecule has 2 aromatic carbocycles. The van der Waals surface area contributed by atoms with Gasteiger partial charge in [0, 0.05) is 36.0 Å². The van der Waals surface area contributed by atoms with E-state index in [1.807, 2.05) is 0 Å². The summed E-state index contributed by atoms with van der Waals surface area (Å²) in [7, 11) is 1.53. The van der Waals surface area contributed by atoms with Crippen molar-refractivity contribution in [2.75, 3.05) is 12.4 Å². The summed E-state index contributed by atoms with van der Waals surface area (Å²) in [6, 6.07) is 10.3. The zero-order chi connectivity index (χ0) is 17.0.